The highest BCUT2D eigenvalue weighted by molar-refractivity contribution is 7.99. The summed E-state index contributed by atoms with van der Waals surface area (Å²) in [7, 11) is 3.16. The minimum absolute atomic E-state index is 0.0570. The number of nitrogens with one attached hydrogen (secondary N) is 2. The molecule has 0 saturated carbocycles. The third-order valence-electron chi connectivity index (χ3n) is 6.43. The van der Waals surface area contributed by atoms with Crippen LogP contribution in [0.1, 0.15) is 69.9 Å². The number of allylic oxidation sites excluding steroid dienone is 2. The maximum atomic E-state index is 13.4. The Kier molecular flexibility index (Phi) is 7.07. The van der Waals surface area contributed by atoms with E-state index in [0.29, 0.717) is 46.5 Å². The van der Waals surface area contributed by atoms with E-state index in [2.05, 4.69) is 31.1 Å². The van der Waals surface area contributed by atoms with Gasteiger partial charge in [-0.1, -0.05) is 51.4 Å². The molecule has 0 radical (unpaired) electrons. The molecule has 1 aromatic heterocycles. The smallest absolute Gasteiger partial charge is 0.257 e. The summed E-state index contributed by atoms with van der Waals surface area (Å²) in [6, 6.07) is 5.56. The Bertz CT molecular complexity index is 1190. The van der Waals surface area contributed by atoms with Crippen LogP contribution >= 0.6 is 11.8 Å². The van der Waals surface area contributed by atoms with Crippen molar-refractivity contribution >= 4 is 23.4 Å². The van der Waals surface area contributed by atoms with E-state index in [0.717, 1.165) is 36.3 Å². The molecule has 2 aliphatic rings. The number of methoxy groups -OCH3 is 2. The van der Waals surface area contributed by atoms with Crippen LogP contribution in [0.2, 0.25) is 0 Å². The quantitative estimate of drug-likeness (QED) is 0.300. The van der Waals surface area contributed by atoms with E-state index >= 15 is 0 Å². The number of nitrogens with zero attached hydrogens (tertiary/aromatic N) is 1. The first-order valence-electron chi connectivity index (χ1n) is 11.8. The first-order chi connectivity index (χ1) is 16.3. The molecule has 0 amide bonds. The number of anilines is 1. The topological polar surface area (TPSA) is 93.3 Å². The summed E-state index contributed by atoms with van der Waals surface area (Å²) in [6.07, 6.45) is 4.51. The highest BCUT2D eigenvalue weighted by atomic mass is 32.2. The van der Waals surface area contributed by atoms with Crippen molar-refractivity contribution in [1.82, 2.24) is 9.97 Å². The molecule has 1 aromatic carbocycles. The third kappa shape index (κ3) is 4.73. The molecule has 2 N–H and O–H groups in total. The zero-order valence-electron chi connectivity index (χ0n) is 20.5. The predicted octanol–water partition coefficient (Wildman–Crippen LogP) is 5.27. The van der Waals surface area contributed by atoms with Gasteiger partial charge in [0.05, 0.1) is 19.8 Å². The van der Waals surface area contributed by atoms with Crippen LogP contribution in [0.5, 0.6) is 11.5 Å². The number of fused-ring (bicyclic) bond motifs is 1. The summed E-state index contributed by atoms with van der Waals surface area (Å²) >= 11 is 1.56. The molecule has 1 atom stereocenters. The van der Waals surface area contributed by atoms with Gasteiger partial charge >= 0.3 is 0 Å². The van der Waals surface area contributed by atoms with Gasteiger partial charge in [0, 0.05) is 29.4 Å². The molecule has 8 heteroatoms. The standard InChI is InChI=1S/C26H33N3O4S/c1-6-7-8-11-34-25-28-23-22(24(31)29-25)20(15-9-10-18(32-4)19(12-15)33-5)21-16(27-23)13-26(2,3)14-17(21)30/h9-10,12,20H,6-8,11,13-14H2,1-5H3,(H2,27,28,29,31)/t20-/m1/s1. The second-order valence-corrected chi connectivity index (χ2v) is 10.8. The van der Waals surface area contributed by atoms with Crippen LogP contribution < -0.4 is 20.3 Å². The Morgan fingerprint density at radius 1 is 1.12 bits per heavy atom. The van der Waals surface area contributed by atoms with Gasteiger partial charge in [0.15, 0.2) is 22.4 Å². The maximum Gasteiger partial charge on any atom is 0.257 e. The Morgan fingerprint density at radius 2 is 1.88 bits per heavy atom. The van der Waals surface area contributed by atoms with Crippen LogP contribution in [0.15, 0.2) is 39.4 Å². The summed E-state index contributed by atoms with van der Waals surface area (Å²) in [6.45, 7) is 6.36. The number of hydrogen-bond acceptors (Lipinski definition) is 7. The molecule has 2 heterocycles. The van der Waals surface area contributed by atoms with Crippen LogP contribution in [0.4, 0.5) is 5.82 Å². The third-order valence-corrected chi connectivity index (χ3v) is 7.39. The molecular weight excluding hydrogens is 450 g/mol. The Labute approximate surface area is 204 Å². The number of benzene rings is 1. The van der Waals surface area contributed by atoms with Crippen molar-refractivity contribution < 1.29 is 14.3 Å². The van der Waals surface area contributed by atoms with Crippen LogP contribution in [0, 0.1) is 5.41 Å². The van der Waals surface area contributed by atoms with E-state index in [1.54, 1.807) is 26.0 Å². The van der Waals surface area contributed by atoms with Gasteiger partial charge in [-0.25, -0.2) is 4.98 Å². The molecule has 0 unspecified atom stereocenters. The lowest BCUT2D eigenvalue weighted by molar-refractivity contribution is -0.118. The molecule has 0 bridgehead atoms. The number of H-pyrrole nitrogens is 1. The normalized spacial score (nSPS) is 18.7. The summed E-state index contributed by atoms with van der Waals surface area (Å²) in [4.78, 5) is 34.5. The molecule has 1 aliphatic carbocycles. The lowest BCUT2D eigenvalue weighted by Gasteiger charge is -2.38. The van der Waals surface area contributed by atoms with Gasteiger partial charge in [-0.2, -0.15) is 0 Å². The fraction of sp³-hybridized carbons (Fsp3) is 0.500. The van der Waals surface area contributed by atoms with Crippen LogP contribution in [-0.2, 0) is 4.79 Å². The van der Waals surface area contributed by atoms with Crippen molar-refractivity contribution in [3.63, 3.8) is 0 Å². The van der Waals surface area contributed by atoms with Gasteiger partial charge in [-0.05, 0) is 36.0 Å². The van der Waals surface area contributed by atoms with Gasteiger partial charge in [0.25, 0.3) is 5.56 Å². The van der Waals surface area contributed by atoms with Gasteiger partial charge in [-0.3, -0.25) is 9.59 Å². The SMILES string of the molecule is CCCCCSc1nc2c(c(=O)[nH]1)[C@H](c1ccc(OC)c(OC)c1)C1=C(CC(C)(C)CC1=O)N2. The zero-order valence-corrected chi connectivity index (χ0v) is 21.4. The minimum Gasteiger partial charge on any atom is -0.493 e. The van der Waals surface area contributed by atoms with Crippen molar-refractivity contribution in [2.45, 2.75) is 63.9 Å². The average Bonchev–Trinajstić information content (AvgIpc) is 2.79. The van der Waals surface area contributed by atoms with Crippen LogP contribution in [0.3, 0.4) is 0 Å². The summed E-state index contributed by atoms with van der Waals surface area (Å²) in [5.74, 6) is 2.11. The number of unbranched alkanes of at least 4 members (excludes halogenated alkanes) is 2. The number of carbonyl (C=O) groups excluding carboxylic acids is 1. The van der Waals surface area contributed by atoms with E-state index in [1.165, 1.54) is 0 Å². The largest absolute Gasteiger partial charge is 0.493 e. The first kappa shape index (κ1) is 24.4. The van der Waals surface area contributed by atoms with Gasteiger partial charge in [0.2, 0.25) is 0 Å². The fourth-order valence-electron chi connectivity index (χ4n) is 4.85. The molecule has 0 saturated heterocycles. The summed E-state index contributed by atoms with van der Waals surface area (Å²) < 4.78 is 10.9. The van der Waals surface area contributed by atoms with Crippen molar-refractivity contribution in [2.24, 2.45) is 5.41 Å². The van der Waals surface area contributed by atoms with Gasteiger partial charge in [0.1, 0.15) is 5.82 Å². The van der Waals surface area contributed by atoms with Crippen LogP contribution in [-0.4, -0.2) is 35.7 Å². The molecular formula is C26H33N3O4S. The molecule has 182 valence electrons. The summed E-state index contributed by atoms with van der Waals surface area (Å²) in [5, 5.41) is 3.98. The number of rotatable bonds is 8. The maximum absolute atomic E-state index is 13.4. The van der Waals surface area contributed by atoms with Crippen molar-refractivity contribution in [3.8, 4) is 11.5 Å². The minimum atomic E-state index is -0.523. The Morgan fingerprint density at radius 3 is 2.59 bits per heavy atom. The molecule has 0 fully saturated rings. The average molecular weight is 484 g/mol. The second-order valence-electron chi connectivity index (χ2n) is 9.69. The van der Waals surface area contributed by atoms with E-state index in [-0.39, 0.29) is 16.8 Å². The fourth-order valence-corrected chi connectivity index (χ4v) is 5.71. The highest BCUT2D eigenvalue weighted by Crippen LogP contribution is 2.48. The zero-order chi connectivity index (χ0) is 24.5. The molecule has 7 nitrogen and oxygen atoms in total. The predicted molar refractivity (Wildman–Crippen MR) is 135 cm³/mol. The molecule has 34 heavy (non-hydrogen) atoms. The number of hydrogen-bond donors (Lipinski definition) is 2. The number of ether oxygens (including phenoxy) is 2. The van der Waals surface area contributed by atoms with Crippen molar-refractivity contribution in [2.75, 3.05) is 25.3 Å². The number of thioether (sulfide) groups is 1. The lowest BCUT2D eigenvalue weighted by Crippen LogP contribution is -2.37. The molecule has 1 aliphatic heterocycles. The second kappa shape index (κ2) is 9.86. The van der Waals surface area contributed by atoms with Gasteiger partial charge in [-0.15, -0.1) is 0 Å². The number of carbonyl (C=O) groups is 1. The van der Waals surface area contributed by atoms with E-state index < -0.39 is 5.92 Å². The Hall–Kier alpha value is -2.74. The van der Waals surface area contributed by atoms with Crippen molar-refractivity contribution in [1.29, 1.82) is 0 Å². The highest BCUT2D eigenvalue weighted by Gasteiger charge is 2.42. The number of ketones is 1. The molecule has 4 rings (SSSR count). The number of aromatic nitrogens is 2. The van der Waals surface area contributed by atoms with E-state index in [9.17, 15) is 9.59 Å². The van der Waals surface area contributed by atoms with E-state index in [1.807, 2.05) is 18.2 Å². The Balaban J connectivity index is 1.84. The summed E-state index contributed by atoms with van der Waals surface area (Å²) in [5.41, 5.74) is 2.39. The first-order valence-corrected chi connectivity index (χ1v) is 12.8. The lowest BCUT2D eigenvalue weighted by atomic mass is 9.69. The number of Topliss-reactive ketones (excluding diaryl/α,β-unsaturated/α-hetero) is 1. The van der Waals surface area contributed by atoms with Crippen LogP contribution in [0.25, 0.3) is 0 Å². The van der Waals surface area contributed by atoms with Gasteiger partial charge < -0.3 is 19.8 Å². The number of aromatic amines is 1. The molecule has 0 spiro atoms. The molecule has 2 aromatic rings. The monoisotopic (exact) mass is 483 g/mol. The van der Waals surface area contributed by atoms with E-state index in [4.69, 9.17) is 14.5 Å². The van der Waals surface area contributed by atoms with Crippen molar-refractivity contribution in [3.05, 3.63) is 50.9 Å².